The topological polar surface area (TPSA) is 54.7 Å². The number of para-hydroxylation sites is 2. The molecule has 1 aromatic heterocycles. The quantitative estimate of drug-likeness (QED) is 0.696. The second-order valence-electron chi connectivity index (χ2n) is 5.06. The molecule has 0 aliphatic carbocycles. The first-order chi connectivity index (χ1) is 10.3. The number of nitrogens with zero attached hydrogens (tertiary/aromatic N) is 1. The molecule has 0 bridgehead atoms. The lowest BCUT2D eigenvalue weighted by atomic mass is 10.0. The molecule has 3 N–H and O–H groups in total. The van der Waals surface area contributed by atoms with E-state index in [2.05, 4.69) is 29.0 Å². The van der Waals surface area contributed by atoms with Crippen LogP contribution in [0, 0.1) is 0 Å². The molecule has 0 saturated heterocycles. The number of imidazole rings is 1. The van der Waals surface area contributed by atoms with Gasteiger partial charge in [-0.25, -0.2) is 4.98 Å². The molecule has 0 saturated carbocycles. The van der Waals surface area contributed by atoms with Crippen LogP contribution in [0.5, 0.6) is 0 Å². The summed E-state index contributed by atoms with van der Waals surface area (Å²) in [6, 6.07) is 18.4. The molecule has 0 aliphatic heterocycles. The van der Waals surface area contributed by atoms with Crippen LogP contribution in [-0.2, 0) is 0 Å². The van der Waals surface area contributed by atoms with E-state index in [1.807, 2.05) is 42.5 Å². The monoisotopic (exact) mass is 297 g/mol. The number of nitrogens with one attached hydrogen (secondary N) is 1. The third-order valence-corrected chi connectivity index (χ3v) is 4.96. The Balaban J connectivity index is 1.80. The summed E-state index contributed by atoms with van der Waals surface area (Å²) in [5.74, 6) is 0. The Kier molecular flexibility index (Phi) is 4.27. The Bertz CT molecular complexity index is 675. The Labute approximate surface area is 129 Å². The highest BCUT2D eigenvalue weighted by Gasteiger charge is 2.20. The predicted molar refractivity (Wildman–Crippen MR) is 89.4 cm³/mol. The lowest BCUT2D eigenvalue weighted by molar-refractivity contribution is 0.654. The maximum absolute atomic E-state index is 6.43. The van der Waals surface area contributed by atoms with E-state index in [9.17, 15) is 0 Å². The van der Waals surface area contributed by atoms with Crippen molar-refractivity contribution in [2.45, 2.75) is 29.8 Å². The molecule has 2 unspecified atom stereocenters. The van der Waals surface area contributed by atoms with Gasteiger partial charge in [-0.1, -0.05) is 61.2 Å². The highest BCUT2D eigenvalue weighted by molar-refractivity contribution is 7.99. The number of rotatable bonds is 5. The minimum Gasteiger partial charge on any atom is -0.333 e. The summed E-state index contributed by atoms with van der Waals surface area (Å²) in [4.78, 5) is 7.99. The van der Waals surface area contributed by atoms with Crippen molar-refractivity contribution in [3.8, 4) is 0 Å². The standard InChI is InChI=1S/C17H19N3S/c1-2-15(16(18)12-8-4-3-5-9-12)21-17-19-13-10-6-7-11-14(13)20-17/h3-11,15-16H,2,18H2,1H3,(H,19,20). The molecule has 2 atom stereocenters. The fourth-order valence-corrected chi connectivity index (χ4v) is 3.51. The van der Waals surface area contributed by atoms with E-state index >= 15 is 0 Å². The fraction of sp³-hybridized carbons (Fsp3) is 0.235. The third kappa shape index (κ3) is 3.12. The van der Waals surface area contributed by atoms with Crippen molar-refractivity contribution in [1.82, 2.24) is 9.97 Å². The molecule has 3 rings (SSSR count). The molecular weight excluding hydrogens is 278 g/mol. The van der Waals surface area contributed by atoms with Crippen LogP contribution in [0.2, 0.25) is 0 Å². The Morgan fingerprint density at radius 2 is 1.81 bits per heavy atom. The number of nitrogens with two attached hydrogens (primary N) is 1. The van der Waals surface area contributed by atoms with Gasteiger partial charge in [0.25, 0.3) is 0 Å². The van der Waals surface area contributed by atoms with Crippen molar-refractivity contribution in [3.63, 3.8) is 0 Å². The van der Waals surface area contributed by atoms with Crippen molar-refractivity contribution >= 4 is 22.8 Å². The molecule has 4 heteroatoms. The first-order valence-electron chi connectivity index (χ1n) is 7.20. The van der Waals surface area contributed by atoms with Crippen LogP contribution >= 0.6 is 11.8 Å². The van der Waals surface area contributed by atoms with Gasteiger partial charge in [-0.2, -0.15) is 0 Å². The van der Waals surface area contributed by atoms with E-state index < -0.39 is 0 Å². The van der Waals surface area contributed by atoms with Gasteiger partial charge in [0.2, 0.25) is 0 Å². The molecule has 2 aromatic carbocycles. The van der Waals surface area contributed by atoms with Crippen molar-refractivity contribution in [2.75, 3.05) is 0 Å². The van der Waals surface area contributed by atoms with Gasteiger partial charge >= 0.3 is 0 Å². The molecule has 3 aromatic rings. The van der Waals surface area contributed by atoms with Gasteiger partial charge in [-0.15, -0.1) is 0 Å². The summed E-state index contributed by atoms with van der Waals surface area (Å²) in [7, 11) is 0. The van der Waals surface area contributed by atoms with Crippen molar-refractivity contribution in [3.05, 3.63) is 60.2 Å². The van der Waals surface area contributed by atoms with Crippen molar-refractivity contribution < 1.29 is 0 Å². The number of aromatic nitrogens is 2. The molecule has 1 heterocycles. The molecule has 21 heavy (non-hydrogen) atoms. The zero-order valence-corrected chi connectivity index (χ0v) is 12.8. The van der Waals surface area contributed by atoms with Crippen LogP contribution in [0.15, 0.2) is 59.8 Å². The van der Waals surface area contributed by atoms with Gasteiger partial charge in [0.15, 0.2) is 5.16 Å². The lowest BCUT2D eigenvalue weighted by Gasteiger charge is -2.21. The van der Waals surface area contributed by atoms with Crippen molar-refractivity contribution in [2.24, 2.45) is 5.73 Å². The average molecular weight is 297 g/mol. The molecule has 0 aliphatic rings. The maximum atomic E-state index is 6.43. The minimum atomic E-state index is 0.00872. The predicted octanol–water partition coefficient (Wildman–Crippen LogP) is 4.13. The highest BCUT2D eigenvalue weighted by atomic mass is 32.2. The second-order valence-corrected chi connectivity index (χ2v) is 6.29. The molecule has 0 radical (unpaired) electrons. The summed E-state index contributed by atoms with van der Waals surface area (Å²) >= 11 is 1.73. The molecular formula is C17H19N3S. The summed E-state index contributed by atoms with van der Waals surface area (Å²) in [5.41, 5.74) is 9.68. The number of hydrogen-bond donors (Lipinski definition) is 2. The van der Waals surface area contributed by atoms with Gasteiger partial charge < -0.3 is 10.7 Å². The van der Waals surface area contributed by atoms with E-state index in [0.29, 0.717) is 5.25 Å². The van der Waals surface area contributed by atoms with E-state index in [4.69, 9.17) is 5.73 Å². The van der Waals surface area contributed by atoms with E-state index in [0.717, 1.165) is 22.6 Å². The molecule has 3 nitrogen and oxygen atoms in total. The van der Waals surface area contributed by atoms with E-state index in [1.54, 1.807) is 11.8 Å². The molecule has 0 spiro atoms. The second kappa shape index (κ2) is 6.33. The normalized spacial score (nSPS) is 14.2. The van der Waals surface area contributed by atoms with Gasteiger partial charge in [-0.05, 0) is 24.1 Å². The van der Waals surface area contributed by atoms with Gasteiger partial charge in [0.1, 0.15) is 0 Å². The first kappa shape index (κ1) is 14.2. The number of benzene rings is 2. The maximum Gasteiger partial charge on any atom is 0.166 e. The summed E-state index contributed by atoms with van der Waals surface area (Å²) in [6.45, 7) is 2.17. The van der Waals surface area contributed by atoms with Crippen LogP contribution < -0.4 is 5.73 Å². The zero-order chi connectivity index (χ0) is 14.7. The lowest BCUT2D eigenvalue weighted by Crippen LogP contribution is -2.23. The third-order valence-electron chi connectivity index (χ3n) is 3.62. The van der Waals surface area contributed by atoms with Crippen LogP contribution in [0.3, 0.4) is 0 Å². The number of aromatic amines is 1. The van der Waals surface area contributed by atoms with E-state index in [-0.39, 0.29) is 6.04 Å². The number of thioether (sulfide) groups is 1. The number of fused-ring (bicyclic) bond motifs is 1. The average Bonchev–Trinajstić information content (AvgIpc) is 2.95. The Morgan fingerprint density at radius 1 is 1.10 bits per heavy atom. The van der Waals surface area contributed by atoms with Crippen molar-refractivity contribution in [1.29, 1.82) is 0 Å². The van der Waals surface area contributed by atoms with Gasteiger partial charge in [0.05, 0.1) is 11.0 Å². The Morgan fingerprint density at radius 3 is 2.52 bits per heavy atom. The summed E-state index contributed by atoms with van der Waals surface area (Å²) in [6.07, 6.45) is 0.998. The molecule has 0 amide bonds. The zero-order valence-electron chi connectivity index (χ0n) is 12.0. The van der Waals surface area contributed by atoms with Crippen LogP contribution in [0.1, 0.15) is 24.9 Å². The van der Waals surface area contributed by atoms with Gasteiger partial charge in [0, 0.05) is 11.3 Å². The first-order valence-corrected chi connectivity index (χ1v) is 8.08. The summed E-state index contributed by atoms with van der Waals surface area (Å²) in [5, 5.41) is 1.24. The molecule has 108 valence electrons. The van der Waals surface area contributed by atoms with Crippen LogP contribution in [-0.4, -0.2) is 15.2 Å². The summed E-state index contributed by atoms with van der Waals surface area (Å²) < 4.78 is 0. The van der Waals surface area contributed by atoms with E-state index in [1.165, 1.54) is 5.56 Å². The minimum absolute atomic E-state index is 0.00872. The fourth-order valence-electron chi connectivity index (χ4n) is 2.43. The van der Waals surface area contributed by atoms with Crippen LogP contribution in [0.25, 0.3) is 11.0 Å². The smallest absolute Gasteiger partial charge is 0.166 e. The highest BCUT2D eigenvalue weighted by Crippen LogP contribution is 2.32. The largest absolute Gasteiger partial charge is 0.333 e. The number of hydrogen-bond acceptors (Lipinski definition) is 3. The number of H-pyrrole nitrogens is 1. The van der Waals surface area contributed by atoms with Gasteiger partial charge in [-0.3, -0.25) is 0 Å². The SMILES string of the molecule is CCC(Sc1nc2ccccc2[nH]1)C(N)c1ccccc1. The Hall–Kier alpha value is -1.78. The molecule has 0 fully saturated rings. The van der Waals surface area contributed by atoms with Crippen LogP contribution in [0.4, 0.5) is 0 Å².